The van der Waals surface area contributed by atoms with Crippen molar-refractivity contribution in [2.45, 2.75) is 57.0 Å². The molecule has 5 N–H and O–H groups in total. The zero-order valence-corrected chi connectivity index (χ0v) is 17.4. The number of nitrogens with zero attached hydrogens (tertiary/aromatic N) is 4. The molecule has 166 valence electrons. The van der Waals surface area contributed by atoms with E-state index < -0.39 is 24.4 Å². The number of aliphatic hydroxyl groups is 4. The minimum absolute atomic E-state index is 0.232. The van der Waals surface area contributed by atoms with Crippen LogP contribution in [-0.4, -0.2) is 90.9 Å². The van der Waals surface area contributed by atoms with E-state index in [0.29, 0.717) is 6.54 Å². The van der Waals surface area contributed by atoms with E-state index in [2.05, 4.69) is 34.7 Å². The van der Waals surface area contributed by atoms with Crippen LogP contribution in [0.5, 0.6) is 0 Å². The van der Waals surface area contributed by atoms with Crippen molar-refractivity contribution in [1.82, 2.24) is 19.9 Å². The van der Waals surface area contributed by atoms with Crippen LogP contribution in [0, 0.1) is 6.92 Å². The van der Waals surface area contributed by atoms with Crippen molar-refractivity contribution < 1.29 is 20.4 Å². The summed E-state index contributed by atoms with van der Waals surface area (Å²) in [6.07, 6.45) is 4.22. The van der Waals surface area contributed by atoms with Crippen molar-refractivity contribution in [1.29, 1.82) is 0 Å². The topological polar surface area (TPSA) is 127 Å². The summed E-state index contributed by atoms with van der Waals surface area (Å²) in [6, 6.07) is 5.63. The molecule has 1 saturated heterocycles. The van der Waals surface area contributed by atoms with Crippen molar-refractivity contribution in [2.24, 2.45) is 0 Å². The number of hydrogen-bond acceptors (Lipinski definition) is 8. The predicted molar refractivity (Wildman–Crippen MR) is 114 cm³/mol. The molecule has 0 aliphatic carbocycles. The van der Waals surface area contributed by atoms with Crippen LogP contribution < -0.4 is 5.32 Å². The Morgan fingerprint density at radius 3 is 2.60 bits per heavy atom. The van der Waals surface area contributed by atoms with Crippen LogP contribution >= 0.6 is 0 Å². The number of benzene rings is 1. The largest absolute Gasteiger partial charge is 0.395 e. The maximum absolute atomic E-state index is 10.0. The summed E-state index contributed by atoms with van der Waals surface area (Å²) < 4.78 is 1.74. The van der Waals surface area contributed by atoms with Gasteiger partial charge in [-0.05, 0) is 50.1 Å². The Labute approximate surface area is 177 Å². The third-order valence-corrected chi connectivity index (χ3v) is 5.80. The Kier molecular flexibility index (Phi) is 8.17. The predicted octanol–water partition coefficient (Wildman–Crippen LogP) is 0.307. The number of likely N-dealkylation sites (tertiary alicyclic amines) is 1. The molecule has 1 aliphatic heterocycles. The number of anilines is 1. The quantitative estimate of drug-likeness (QED) is 0.348. The van der Waals surface area contributed by atoms with Crippen LogP contribution in [-0.2, 0) is 0 Å². The van der Waals surface area contributed by atoms with E-state index in [1.54, 1.807) is 10.9 Å². The lowest BCUT2D eigenvalue weighted by atomic mass is 9.94. The fourth-order valence-electron chi connectivity index (χ4n) is 3.99. The van der Waals surface area contributed by atoms with E-state index in [0.717, 1.165) is 49.2 Å². The van der Waals surface area contributed by atoms with Crippen molar-refractivity contribution in [3.63, 3.8) is 0 Å². The SMILES string of the molecule is Cc1cc(-n2ccnn2)ccc1NCCCCCCN1C[C@H](O)[C@@H](O)[C@H](O)[C@H]1CO. The van der Waals surface area contributed by atoms with Gasteiger partial charge in [-0.25, -0.2) is 4.68 Å². The summed E-state index contributed by atoms with van der Waals surface area (Å²) in [5, 5.41) is 50.5. The van der Waals surface area contributed by atoms with Gasteiger partial charge in [0.2, 0.25) is 0 Å². The molecule has 4 atom stereocenters. The van der Waals surface area contributed by atoms with Gasteiger partial charge >= 0.3 is 0 Å². The molecule has 0 radical (unpaired) electrons. The second kappa shape index (κ2) is 10.8. The molecule has 0 bridgehead atoms. The Morgan fingerprint density at radius 2 is 1.90 bits per heavy atom. The number of aromatic nitrogens is 3. The molecule has 1 aromatic heterocycles. The summed E-state index contributed by atoms with van der Waals surface area (Å²) in [7, 11) is 0. The van der Waals surface area contributed by atoms with Crippen LogP contribution in [0.1, 0.15) is 31.2 Å². The summed E-state index contributed by atoms with van der Waals surface area (Å²) in [6.45, 7) is 3.68. The molecule has 9 nitrogen and oxygen atoms in total. The highest BCUT2D eigenvalue weighted by Gasteiger charge is 2.40. The fourth-order valence-corrected chi connectivity index (χ4v) is 3.99. The minimum Gasteiger partial charge on any atom is -0.395 e. The number of aryl methyl sites for hydroxylation is 1. The number of nitrogens with one attached hydrogen (secondary N) is 1. The lowest BCUT2D eigenvalue weighted by Crippen LogP contribution is -2.62. The fraction of sp³-hybridized carbons (Fsp3) is 0.619. The smallest absolute Gasteiger partial charge is 0.109 e. The van der Waals surface area contributed by atoms with Gasteiger partial charge in [-0.15, -0.1) is 5.10 Å². The molecule has 2 heterocycles. The summed E-state index contributed by atoms with van der Waals surface area (Å²) in [4.78, 5) is 1.88. The molecular formula is C21H33N5O4. The number of rotatable bonds is 10. The molecule has 1 fully saturated rings. The van der Waals surface area contributed by atoms with Crippen LogP contribution in [0.25, 0.3) is 5.69 Å². The monoisotopic (exact) mass is 419 g/mol. The van der Waals surface area contributed by atoms with E-state index >= 15 is 0 Å². The molecule has 2 aromatic rings. The first-order valence-corrected chi connectivity index (χ1v) is 10.6. The molecule has 9 heteroatoms. The van der Waals surface area contributed by atoms with Crippen LogP contribution in [0.4, 0.5) is 5.69 Å². The van der Waals surface area contributed by atoms with Gasteiger partial charge in [0.15, 0.2) is 0 Å². The van der Waals surface area contributed by atoms with Gasteiger partial charge in [0.05, 0.1) is 36.8 Å². The number of piperidine rings is 1. The first-order valence-electron chi connectivity index (χ1n) is 10.6. The van der Waals surface area contributed by atoms with Crippen LogP contribution in [0.3, 0.4) is 0 Å². The molecule has 0 unspecified atom stereocenters. The van der Waals surface area contributed by atoms with Gasteiger partial charge in [-0.2, -0.15) is 0 Å². The Hall–Kier alpha value is -2.04. The van der Waals surface area contributed by atoms with Crippen molar-refractivity contribution >= 4 is 5.69 Å². The summed E-state index contributed by atoms with van der Waals surface area (Å²) in [5.41, 5.74) is 3.25. The van der Waals surface area contributed by atoms with Crippen LogP contribution in [0.2, 0.25) is 0 Å². The average Bonchev–Trinajstić information content (AvgIpc) is 3.27. The number of hydrogen-bond donors (Lipinski definition) is 5. The highest BCUT2D eigenvalue weighted by Crippen LogP contribution is 2.20. The normalized spacial score (nSPS) is 24.8. The Morgan fingerprint density at radius 1 is 1.10 bits per heavy atom. The highest BCUT2D eigenvalue weighted by atomic mass is 16.4. The van der Waals surface area contributed by atoms with Gasteiger partial charge in [0, 0.05) is 18.8 Å². The molecule has 0 spiro atoms. The number of aliphatic hydroxyl groups excluding tert-OH is 4. The van der Waals surface area contributed by atoms with E-state index in [1.807, 2.05) is 17.2 Å². The minimum atomic E-state index is -1.20. The third-order valence-electron chi connectivity index (χ3n) is 5.80. The molecule has 1 aromatic carbocycles. The second-order valence-corrected chi connectivity index (χ2v) is 7.98. The van der Waals surface area contributed by atoms with Crippen molar-refractivity contribution in [3.8, 4) is 5.69 Å². The third kappa shape index (κ3) is 5.55. The van der Waals surface area contributed by atoms with Crippen molar-refractivity contribution in [2.75, 3.05) is 31.6 Å². The van der Waals surface area contributed by atoms with Crippen molar-refractivity contribution in [3.05, 3.63) is 36.2 Å². The zero-order valence-electron chi connectivity index (χ0n) is 17.4. The first kappa shape index (κ1) is 22.6. The lowest BCUT2D eigenvalue weighted by molar-refractivity contribution is -0.145. The molecule has 1 aliphatic rings. The number of unbranched alkanes of at least 4 members (excludes halogenated alkanes) is 3. The Balaban J connectivity index is 1.34. The lowest BCUT2D eigenvalue weighted by Gasteiger charge is -2.43. The summed E-state index contributed by atoms with van der Waals surface area (Å²) >= 11 is 0. The van der Waals surface area contributed by atoms with Crippen LogP contribution in [0.15, 0.2) is 30.6 Å². The molecular weight excluding hydrogens is 386 g/mol. The molecule has 0 amide bonds. The maximum Gasteiger partial charge on any atom is 0.109 e. The van der Waals surface area contributed by atoms with E-state index in [1.165, 1.54) is 0 Å². The zero-order chi connectivity index (χ0) is 21.5. The van der Waals surface area contributed by atoms with Gasteiger partial charge < -0.3 is 25.7 Å². The standard InChI is InChI=1S/C21H33N5O4/c1-15-12-16(26-11-9-23-24-26)6-7-17(15)22-8-4-2-3-5-10-25-13-19(28)21(30)20(29)18(25)14-27/h6-7,9,11-12,18-22,27-30H,2-5,8,10,13-14H2,1H3/t18-,19+,20-,21-/m1/s1. The maximum atomic E-state index is 10.0. The van der Waals surface area contributed by atoms with Gasteiger partial charge in [-0.3, -0.25) is 4.90 Å². The summed E-state index contributed by atoms with van der Waals surface area (Å²) in [5.74, 6) is 0. The van der Waals surface area contributed by atoms with Gasteiger partial charge in [0.1, 0.15) is 12.2 Å². The van der Waals surface area contributed by atoms with Gasteiger partial charge in [0.25, 0.3) is 0 Å². The number of β-amino-alcohol motifs (C(OH)–C–C–N with tert-alkyl or cyclic N) is 1. The average molecular weight is 420 g/mol. The molecule has 3 rings (SSSR count). The van der Waals surface area contributed by atoms with Gasteiger partial charge in [-0.1, -0.05) is 18.1 Å². The highest BCUT2D eigenvalue weighted by molar-refractivity contribution is 5.55. The second-order valence-electron chi connectivity index (χ2n) is 7.98. The molecule has 30 heavy (non-hydrogen) atoms. The van der Waals surface area contributed by atoms with E-state index in [4.69, 9.17) is 0 Å². The molecule has 0 saturated carbocycles. The Bertz CT molecular complexity index is 773. The van der Waals surface area contributed by atoms with E-state index in [-0.39, 0.29) is 13.2 Å². The van der Waals surface area contributed by atoms with E-state index in [9.17, 15) is 20.4 Å². The first-order chi connectivity index (χ1) is 14.5.